The van der Waals surface area contributed by atoms with Crippen molar-refractivity contribution >= 4 is 34.3 Å². The lowest BCUT2D eigenvalue weighted by molar-refractivity contribution is 0.384. The third-order valence-electron chi connectivity index (χ3n) is 2.74. The van der Waals surface area contributed by atoms with E-state index in [4.69, 9.17) is 16.1 Å². The molecule has 3 aromatic heterocycles. The molecule has 0 bridgehead atoms. The van der Waals surface area contributed by atoms with Crippen molar-refractivity contribution in [2.75, 3.05) is 0 Å². The molecule has 0 saturated heterocycles. The number of hydrogen-bond acceptors (Lipinski definition) is 6. The summed E-state index contributed by atoms with van der Waals surface area (Å²) in [7, 11) is 0. The van der Waals surface area contributed by atoms with Gasteiger partial charge in [-0.1, -0.05) is 22.8 Å². The van der Waals surface area contributed by atoms with Crippen LogP contribution in [0.2, 0.25) is 4.34 Å². The van der Waals surface area contributed by atoms with Crippen molar-refractivity contribution in [2.45, 2.75) is 19.5 Å². The van der Waals surface area contributed by atoms with Crippen LogP contribution in [0.25, 0.3) is 0 Å². The number of aromatic nitrogens is 2. The number of halogens is 1. The van der Waals surface area contributed by atoms with Gasteiger partial charge in [0.2, 0.25) is 5.89 Å². The molecule has 0 aliphatic heterocycles. The summed E-state index contributed by atoms with van der Waals surface area (Å²) in [6.45, 7) is 2.34. The molecule has 0 spiro atoms. The fraction of sp³-hybridized carbons (Fsp3) is 0.231. The van der Waals surface area contributed by atoms with Crippen molar-refractivity contribution in [1.29, 1.82) is 0 Å². The van der Waals surface area contributed by atoms with Gasteiger partial charge >= 0.3 is 0 Å². The Kier molecular flexibility index (Phi) is 4.16. The minimum absolute atomic E-state index is 0.103. The quantitative estimate of drug-likeness (QED) is 0.769. The molecular weight excluding hydrogens is 314 g/mol. The maximum absolute atomic E-state index is 6.04. The van der Waals surface area contributed by atoms with Crippen molar-refractivity contribution < 1.29 is 4.52 Å². The summed E-state index contributed by atoms with van der Waals surface area (Å²) >= 11 is 9.33. The zero-order valence-electron chi connectivity index (χ0n) is 10.7. The number of thiophene rings is 2. The number of nitrogens with zero attached hydrogens (tertiary/aromatic N) is 2. The van der Waals surface area contributed by atoms with E-state index in [1.807, 2.05) is 18.2 Å². The van der Waals surface area contributed by atoms with Crippen molar-refractivity contribution in [3.8, 4) is 0 Å². The predicted octanol–water partition coefficient (Wildman–Crippen LogP) is 4.03. The van der Waals surface area contributed by atoms with Gasteiger partial charge in [0.1, 0.15) is 0 Å². The molecule has 1 unspecified atom stereocenters. The summed E-state index contributed by atoms with van der Waals surface area (Å²) < 4.78 is 5.77. The highest BCUT2D eigenvalue weighted by Crippen LogP contribution is 2.33. The zero-order valence-corrected chi connectivity index (χ0v) is 13.1. The first-order valence-corrected chi connectivity index (χ1v) is 8.11. The van der Waals surface area contributed by atoms with Gasteiger partial charge in [0.25, 0.3) is 0 Å². The van der Waals surface area contributed by atoms with Gasteiger partial charge in [-0.05, 0) is 23.6 Å². The van der Waals surface area contributed by atoms with Crippen LogP contribution in [0.3, 0.4) is 0 Å². The molecule has 1 N–H and O–H groups in total. The van der Waals surface area contributed by atoms with Crippen LogP contribution in [0.4, 0.5) is 0 Å². The highest BCUT2D eigenvalue weighted by molar-refractivity contribution is 7.16. The maximum Gasteiger partial charge on any atom is 0.223 e. The van der Waals surface area contributed by atoms with Gasteiger partial charge in [-0.25, -0.2) is 0 Å². The lowest BCUT2D eigenvalue weighted by Gasteiger charge is -2.14. The van der Waals surface area contributed by atoms with Gasteiger partial charge in [0.05, 0.1) is 16.9 Å². The Labute approximate surface area is 129 Å². The van der Waals surface area contributed by atoms with Crippen LogP contribution in [-0.2, 0) is 6.54 Å². The van der Waals surface area contributed by atoms with E-state index in [1.54, 1.807) is 29.6 Å². The Morgan fingerprint density at radius 2 is 2.25 bits per heavy atom. The van der Waals surface area contributed by atoms with E-state index in [-0.39, 0.29) is 6.04 Å². The van der Waals surface area contributed by atoms with Crippen LogP contribution >= 0.6 is 34.3 Å². The first-order valence-electron chi connectivity index (χ1n) is 6.03. The van der Waals surface area contributed by atoms with E-state index < -0.39 is 0 Å². The molecule has 0 aliphatic rings. The van der Waals surface area contributed by atoms with Gasteiger partial charge in [-0.2, -0.15) is 4.98 Å². The zero-order chi connectivity index (χ0) is 13.9. The summed E-state index contributed by atoms with van der Waals surface area (Å²) in [6.07, 6.45) is 0. The average molecular weight is 326 g/mol. The Bertz CT molecular complexity index is 677. The Hall–Kier alpha value is -1.21. The minimum Gasteiger partial charge on any atom is -0.340 e. The molecule has 3 rings (SSSR count). The maximum atomic E-state index is 6.04. The standard InChI is InChI=1S/C13H12ClN3OS2/c1-8-16-12(17-18-8)7-15-13(9-3-2-6-19-9)10-4-5-11(14)20-10/h2-6,13,15H,7H2,1H3. The van der Waals surface area contributed by atoms with Gasteiger partial charge in [0, 0.05) is 16.7 Å². The summed E-state index contributed by atoms with van der Waals surface area (Å²) in [5.74, 6) is 1.24. The van der Waals surface area contributed by atoms with E-state index in [0.717, 1.165) is 4.34 Å². The smallest absolute Gasteiger partial charge is 0.223 e. The van der Waals surface area contributed by atoms with E-state index in [2.05, 4.69) is 26.9 Å². The lowest BCUT2D eigenvalue weighted by Crippen LogP contribution is -2.21. The van der Waals surface area contributed by atoms with Crippen molar-refractivity contribution in [2.24, 2.45) is 0 Å². The molecule has 1 atom stereocenters. The third-order valence-corrected chi connectivity index (χ3v) is 4.97. The van der Waals surface area contributed by atoms with E-state index in [1.165, 1.54) is 9.75 Å². The van der Waals surface area contributed by atoms with E-state index in [9.17, 15) is 0 Å². The first kappa shape index (κ1) is 13.8. The summed E-state index contributed by atoms with van der Waals surface area (Å²) in [6, 6.07) is 8.22. The molecule has 0 amide bonds. The highest BCUT2D eigenvalue weighted by atomic mass is 35.5. The van der Waals surface area contributed by atoms with Gasteiger partial charge < -0.3 is 4.52 Å². The highest BCUT2D eigenvalue weighted by Gasteiger charge is 2.17. The van der Waals surface area contributed by atoms with Crippen LogP contribution in [0.1, 0.15) is 27.5 Å². The molecule has 0 aromatic carbocycles. The molecule has 0 fully saturated rings. The number of rotatable bonds is 5. The largest absolute Gasteiger partial charge is 0.340 e. The predicted molar refractivity (Wildman–Crippen MR) is 81.4 cm³/mol. The second kappa shape index (κ2) is 6.05. The fourth-order valence-corrected chi connectivity index (χ4v) is 3.93. The van der Waals surface area contributed by atoms with Crippen molar-refractivity contribution in [1.82, 2.24) is 15.5 Å². The average Bonchev–Trinajstić information content (AvgIpc) is 3.13. The monoisotopic (exact) mass is 325 g/mol. The molecule has 7 heteroatoms. The van der Waals surface area contributed by atoms with Crippen molar-refractivity contribution in [3.63, 3.8) is 0 Å². The van der Waals surface area contributed by atoms with E-state index in [0.29, 0.717) is 18.3 Å². The molecular formula is C13H12ClN3OS2. The Morgan fingerprint density at radius 3 is 2.85 bits per heavy atom. The Morgan fingerprint density at radius 1 is 1.35 bits per heavy atom. The molecule has 104 valence electrons. The van der Waals surface area contributed by atoms with Gasteiger partial charge in [-0.15, -0.1) is 22.7 Å². The summed E-state index contributed by atoms with van der Waals surface area (Å²) in [5, 5.41) is 9.43. The molecule has 3 heterocycles. The lowest BCUT2D eigenvalue weighted by atomic mass is 10.2. The van der Waals surface area contributed by atoms with Crippen LogP contribution in [-0.4, -0.2) is 10.1 Å². The molecule has 0 saturated carbocycles. The topological polar surface area (TPSA) is 51.0 Å². The fourth-order valence-electron chi connectivity index (χ4n) is 1.89. The van der Waals surface area contributed by atoms with Crippen LogP contribution in [0.15, 0.2) is 34.2 Å². The molecule has 0 aliphatic carbocycles. The number of hydrogen-bond donors (Lipinski definition) is 1. The van der Waals surface area contributed by atoms with Crippen LogP contribution < -0.4 is 5.32 Å². The van der Waals surface area contributed by atoms with Gasteiger partial charge in [-0.3, -0.25) is 5.32 Å². The number of nitrogens with one attached hydrogen (secondary N) is 1. The molecule has 3 aromatic rings. The number of aryl methyl sites for hydroxylation is 1. The minimum atomic E-state index is 0.103. The first-order chi connectivity index (χ1) is 9.72. The van der Waals surface area contributed by atoms with Crippen molar-refractivity contribution in [3.05, 3.63) is 55.5 Å². The molecule has 4 nitrogen and oxygen atoms in total. The van der Waals surface area contributed by atoms with Gasteiger partial charge in [0.15, 0.2) is 5.82 Å². The molecule has 0 radical (unpaired) electrons. The second-order valence-electron chi connectivity index (χ2n) is 4.20. The summed E-state index contributed by atoms with van der Waals surface area (Å²) in [5.41, 5.74) is 0. The van der Waals surface area contributed by atoms with Crippen LogP contribution in [0, 0.1) is 6.92 Å². The normalized spacial score (nSPS) is 12.7. The summed E-state index contributed by atoms with van der Waals surface area (Å²) in [4.78, 5) is 6.62. The second-order valence-corrected chi connectivity index (χ2v) is 6.93. The SMILES string of the molecule is Cc1nc(CNC(c2cccs2)c2ccc(Cl)s2)no1. The molecule has 20 heavy (non-hydrogen) atoms. The Balaban J connectivity index is 1.79. The van der Waals surface area contributed by atoms with E-state index >= 15 is 0 Å². The van der Waals surface area contributed by atoms with Crippen LogP contribution in [0.5, 0.6) is 0 Å². The third kappa shape index (κ3) is 3.09.